The van der Waals surface area contributed by atoms with Crippen molar-refractivity contribution in [2.75, 3.05) is 13.2 Å². The Hall–Kier alpha value is -2.19. The molecule has 1 unspecified atom stereocenters. The summed E-state index contributed by atoms with van der Waals surface area (Å²) in [6.07, 6.45) is 9.19. The normalized spacial score (nSPS) is 39.9. The van der Waals surface area contributed by atoms with Crippen LogP contribution in [0.25, 0.3) is 0 Å². The number of esters is 1. The molecule has 0 aromatic carbocycles. The maximum Gasteiger partial charge on any atom is 0.509 e. The highest BCUT2D eigenvalue weighted by molar-refractivity contribution is 6.26. The first-order valence-corrected chi connectivity index (χ1v) is 15.2. The largest absolute Gasteiger partial charge is 0.509 e. The fourth-order valence-corrected chi connectivity index (χ4v) is 8.77. The van der Waals surface area contributed by atoms with Crippen LogP contribution in [0.15, 0.2) is 23.8 Å². The molecule has 5 aliphatic rings. The van der Waals surface area contributed by atoms with Crippen molar-refractivity contribution >= 4 is 35.3 Å². The number of fused-ring (bicyclic) bond motifs is 5. The number of carbonyl (C=O) groups excluding carboxylic acids is 4. The summed E-state index contributed by atoms with van der Waals surface area (Å²) < 4.78 is 16.8. The van der Waals surface area contributed by atoms with E-state index in [0.717, 1.165) is 31.3 Å². The molecule has 220 valence electrons. The molecule has 0 bridgehead atoms. The van der Waals surface area contributed by atoms with Crippen molar-refractivity contribution in [3.8, 4) is 0 Å². The highest BCUT2D eigenvalue weighted by Crippen LogP contribution is 2.71. The van der Waals surface area contributed by atoms with Gasteiger partial charge >= 0.3 is 12.1 Å². The van der Waals surface area contributed by atoms with Gasteiger partial charge in [-0.3, -0.25) is 14.4 Å². The molecule has 8 nitrogen and oxygen atoms in total. The Labute approximate surface area is 240 Å². The molecule has 9 heteroatoms. The predicted molar refractivity (Wildman–Crippen MR) is 146 cm³/mol. The second-order valence-corrected chi connectivity index (χ2v) is 13.5. The van der Waals surface area contributed by atoms with Crippen molar-refractivity contribution < 1.29 is 38.5 Å². The lowest BCUT2D eigenvalue weighted by Crippen LogP contribution is -2.69. The maximum atomic E-state index is 14.0. The molecule has 0 radical (unpaired) electrons. The van der Waals surface area contributed by atoms with Gasteiger partial charge in [-0.15, -0.1) is 11.6 Å². The maximum absolute atomic E-state index is 14.0. The minimum absolute atomic E-state index is 0.0848. The van der Waals surface area contributed by atoms with Crippen LogP contribution in [0.4, 0.5) is 4.79 Å². The SMILES string of the molecule is CCCCCOC(=O)O[C@]1(C(=O)COC(=O)C2CC2)CC[C@H]2[C@@H]3CCC4=CC(=O)C=C[C@]4(C)[C@@]3(Cl)C(O)C[C@@]21C. The number of ether oxygens (including phenoxy) is 3. The van der Waals surface area contributed by atoms with E-state index >= 15 is 0 Å². The second-order valence-electron chi connectivity index (χ2n) is 12.8. The van der Waals surface area contributed by atoms with Gasteiger partial charge in [0.1, 0.15) is 0 Å². The van der Waals surface area contributed by atoms with E-state index in [2.05, 4.69) is 0 Å². The van der Waals surface area contributed by atoms with Crippen molar-refractivity contribution in [2.24, 2.45) is 28.6 Å². The molecule has 0 spiro atoms. The Morgan fingerprint density at radius 2 is 1.82 bits per heavy atom. The zero-order valence-corrected chi connectivity index (χ0v) is 24.5. The van der Waals surface area contributed by atoms with Gasteiger partial charge in [0.15, 0.2) is 18.0 Å². The fraction of sp³-hybridized carbons (Fsp3) is 0.742. The number of hydrogen-bond acceptors (Lipinski definition) is 8. The van der Waals surface area contributed by atoms with Crippen molar-refractivity contribution in [2.45, 2.75) is 102 Å². The first kappa shape index (κ1) is 29.3. The van der Waals surface area contributed by atoms with Gasteiger partial charge in [-0.05, 0) is 75.4 Å². The molecule has 0 aromatic heterocycles. The van der Waals surface area contributed by atoms with Gasteiger partial charge in [0.05, 0.1) is 23.5 Å². The van der Waals surface area contributed by atoms with E-state index in [1.807, 2.05) is 26.8 Å². The Balaban J connectivity index is 1.46. The average molecular weight is 577 g/mol. The predicted octanol–water partition coefficient (Wildman–Crippen LogP) is 5.23. The number of unbranched alkanes of at least 4 members (excludes halogenated alkanes) is 2. The number of rotatable bonds is 9. The fourth-order valence-electron chi connectivity index (χ4n) is 8.25. The summed E-state index contributed by atoms with van der Waals surface area (Å²) >= 11 is 7.50. The lowest BCUT2D eigenvalue weighted by Gasteiger charge is -2.63. The van der Waals surface area contributed by atoms with E-state index in [1.54, 1.807) is 6.08 Å². The van der Waals surface area contributed by atoms with Gasteiger partial charge < -0.3 is 19.3 Å². The molecular weight excluding hydrogens is 536 g/mol. The van der Waals surface area contributed by atoms with E-state index < -0.39 is 51.9 Å². The third-order valence-electron chi connectivity index (χ3n) is 10.7. The van der Waals surface area contributed by atoms with Gasteiger partial charge in [-0.1, -0.05) is 45.3 Å². The molecule has 1 N–H and O–H groups in total. The van der Waals surface area contributed by atoms with Crippen LogP contribution in [0.1, 0.15) is 85.0 Å². The second kappa shape index (κ2) is 10.6. The lowest BCUT2D eigenvalue weighted by molar-refractivity contribution is -0.182. The minimum atomic E-state index is -1.63. The topological polar surface area (TPSA) is 116 Å². The molecule has 4 fully saturated rings. The number of aliphatic hydroxyl groups excluding tert-OH is 1. The number of alkyl halides is 1. The minimum Gasteiger partial charge on any atom is -0.457 e. The summed E-state index contributed by atoms with van der Waals surface area (Å²) in [5.41, 5.74) is -2.42. The van der Waals surface area contributed by atoms with Crippen molar-refractivity contribution in [3.63, 3.8) is 0 Å². The van der Waals surface area contributed by atoms with Crippen molar-refractivity contribution in [1.29, 1.82) is 0 Å². The molecule has 0 heterocycles. The molecule has 40 heavy (non-hydrogen) atoms. The standard InChI is InChI=1S/C31H41ClO8/c1-4-5-6-15-38-27(37)40-30(25(35)18-39-26(36)19-7-8-19)14-12-22-23-10-9-20-16-21(33)11-13-28(20,2)31(23,32)24(34)17-29(22,30)3/h11,13,16,19,22-24,34H,4-10,12,14-15,17-18H2,1-3H3/t22-,23-,24?,28-,29-,30-,31-/m0/s1. The van der Waals surface area contributed by atoms with Gasteiger partial charge in [0.25, 0.3) is 0 Å². The molecule has 0 amide bonds. The molecular formula is C31H41ClO8. The summed E-state index contributed by atoms with van der Waals surface area (Å²) in [7, 11) is 0. The summed E-state index contributed by atoms with van der Waals surface area (Å²) in [4.78, 5) is 50.3. The van der Waals surface area contributed by atoms with Crippen LogP contribution in [-0.4, -0.2) is 58.6 Å². The number of halogens is 1. The van der Waals surface area contributed by atoms with Crippen molar-refractivity contribution in [1.82, 2.24) is 0 Å². The lowest BCUT2D eigenvalue weighted by atomic mass is 9.45. The monoisotopic (exact) mass is 576 g/mol. The molecule has 0 aromatic rings. The van der Waals surface area contributed by atoms with Crippen LogP contribution in [-0.2, 0) is 28.6 Å². The number of Topliss-reactive ketones (excluding diaryl/α,β-unsaturated/α-hetero) is 1. The third-order valence-corrected chi connectivity index (χ3v) is 11.6. The van der Waals surface area contributed by atoms with E-state index in [1.165, 1.54) is 6.08 Å². The van der Waals surface area contributed by atoms with Crippen LogP contribution < -0.4 is 0 Å². The first-order valence-electron chi connectivity index (χ1n) is 14.8. The van der Waals surface area contributed by atoms with Gasteiger partial charge in [0, 0.05) is 10.8 Å². The quantitative estimate of drug-likeness (QED) is 0.225. The van der Waals surface area contributed by atoms with Gasteiger partial charge in [-0.25, -0.2) is 4.79 Å². The Morgan fingerprint density at radius 3 is 2.52 bits per heavy atom. The van der Waals surface area contributed by atoms with Crippen LogP contribution in [0.2, 0.25) is 0 Å². The summed E-state index contributed by atoms with van der Waals surface area (Å²) in [5.74, 6) is -1.53. The molecule has 4 saturated carbocycles. The summed E-state index contributed by atoms with van der Waals surface area (Å²) in [6.45, 7) is 5.60. The van der Waals surface area contributed by atoms with Crippen molar-refractivity contribution in [3.05, 3.63) is 23.8 Å². The smallest absolute Gasteiger partial charge is 0.457 e. The molecule has 0 aliphatic heterocycles. The molecule has 7 atom stereocenters. The Kier molecular flexibility index (Phi) is 7.75. The summed E-state index contributed by atoms with van der Waals surface area (Å²) in [6, 6.07) is 0. The van der Waals surface area contributed by atoms with E-state index in [9.17, 15) is 24.3 Å². The molecule has 5 rings (SSSR count). The van der Waals surface area contributed by atoms with Crippen LogP contribution >= 0.6 is 11.6 Å². The molecule has 5 aliphatic carbocycles. The Morgan fingerprint density at radius 1 is 1.07 bits per heavy atom. The molecule has 0 saturated heterocycles. The third kappa shape index (κ3) is 4.44. The van der Waals surface area contributed by atoms with Gasteiger partial charge in [0.2, 0.25) is 5.78 Å². The zero-order valence-electron chi connectivity index (χ0n) is 23.7. The highest BCUT2D eigenvalue weighted by Gasteiger charge is 2.74. The number of hydrogen-bond donors (Lipinski definition) is 1. The average Bonchev–Trinajstić information content (AvgIpc) is 3.72. The number of ketones is 2. The van der Waals surface area contributed by atoms with Crippen LogP contribution in [0, 0.1) is 28.6 Å². The highest BCUT2D eigenvalue weighted by atomic mass is 35.5. The van der Waals surface area contributed by atoms with Crippen LogP contribution in [0.5, 0.6) is 0 Å². The Bertz CT molecular complexity index is 1140. The van der Waals surface area contributed by atoms with Crippen LogP contribution in [0.3, 0.4) is 0 Å². The van der Waals surface area contributed by atoms with E-state index in [4.69, 9.17) is 25.8 Å². The van der Waals surface area contributed by atoms with E-state index in [0.29, 0.717) is 25.7 Å². The van der Waals surface area contributed by atoms with Gasteiger partial charge in [-0.2, -0.15) is 0 Å². The number of allylic oxidation sites excluding steroid dienone is 4. The summed E-state index contributed by atoms with van der Waals surface area (Å²) in [5, 5.41) is 11.8. The number of carbonyl (C=O) groups is 4. The van der Waals surface area contributed by atoms with E-state index in [-0.39, 0.29) is 43.0 Å². The first-order chi connectivity index (χ1) is 18.9. The zero-order chi connectivity index (χ0) is 28.9. The number of aliphatic hydroxyl groups is 1.